The second kappa shape index (κ2) is 8.11. The summed E-state index contributed by atoms with van der Waals surface area (Å²) in [6.07, 6.45) is 1.08. The van der Waals surface area contributed by atoms with Crippen molar-refractivity contribution in [3.05, 3.63) is 35.9 Å². The van der Waals surface area contributed by atoms with Gasteiger partial charge in [0.2, 0.25) is 15.9 Å². The summed E-state index contributed by atoms with van der Waals surface area (Å²) in [7, 11) is -1.96. The van der Waals surface area contributed by atoms with Crippen LogP contribution in [0.2, 0.25) is 0 Å². The standard InChI is InChI=1S/C14H22N2O4S/c1-12(13-7-5-4-6-8-13)15-14(17)11-16(9-10-20-2)21(3,18)19/h4-8,12H,9-11H2,1-3H3,(H,15,17). The Hall–Kier alpha value is -1.44. The third kappa shape index (κ3) is 6.24. The average molecular weight is 314 g/mol. The van der Waals surface area contributed by atoms with Crippen molar-refractivity contribution in [3.8, 4) is 0 Å². The first kappa shape index (κ1) is 17.6. The molecule has 0 aromatic heterocycles. The number of sulfonamides is 1. The van der Waals surface area contributed by atoms with Crippen LogP contribution in [0.15, 0.2) is 30.3 Å². The minimum absolute atomic E-state index is 0.155. The van der Waals surface area contributed by atoms with E-state index in [2.05, 4.69) is 5.32 Å². The Morgan fingerprint density at radius 2 is 1.95 bits per heavy atom. The number of nitrogens with zero attached hydrogens (tertiary/aromatic N) is 1. The number of hydrogen-bond acceptors (Lipinski definition) is 4. The number of rotatable bonds is 8. The van der Waals surface area contributed by atoms with Crippen LogP contribution in [0.5, 0.6) is 0 Å². The lowest BCUT2D eigenvalue weighted by molar-refractivity contribution is -0.122. The number of ether oxygens (including phenoxy) is 1. The number of hydrogen-bond donors (Lipinski definition) is 1. The van der Waals surface area contributed by atoms with Crippen LogP contribution in [-0.2, 0) is 19.6 Å². The van der Waals surface area contributed by atoms with E-state index in [1.807, 2.05) is 37.3 Å². The van der Waals surface area contributed by atoms with Gasteiger partial charge >= 0.3 is 0 Å². The molecule has 0 radical (unpaired) electrons. The van der Waals surface area contributed by atoms with Gasteiger partial charge in [0.1, 0.15) is 0 Å². The molecule has 0 bridgehead atoms. The van der Waals surface area contributed by atoms with E-state index in [1.165, 1.54) is 7.11 Å². The van der Waals surface area contributed by atoms with Gasteiger partial charge in [-0.3, -0.25) is 4.79 Å². The van der Waals surface area contributed by atoms with Crippen molar-refractivity contribution in [1.82, 2.24) is 9.62 Å². The normalized spacial score (nSPS) is 13.1. The summed E-state index contributed by atoms with van der Waals surface area (Å²) in [6, 6.07) is 9.31. The van der Waals surface area contributed by atoms with Crippen LogP contribution in [-0.4, -0.2) is 51.7 Å². The van der Waals surface area contributed by atoms with Crippen molar-refractivity contribution >= 4 is 15.9 Å². The molecule has 1 unspecified atom stereocenters. The second-order valence-corrected chi connectivity index (χ2v) is 6.77. The van der Waals surface area contributed by atoms with Crippen molar-refractivity contribution in [2.24, 2.45) is 0 Å². The minimum atomic E-state index is -3.44. The van der Waals surface area contributed by atoms with Crippen LogP contribution in [0.4, 0.5) is 0 Å². The lowest BCUT2D eigenvalue weighted by Gasteiger charge is -2.21. The molecule has 0 aliphatic heterocycles. The fraction of sp³-hybridized carbons (Fsp3) is 0.500. The van der Waals surface area contributed by atoms with Gasteiger partial charge in [-0.05, 0) is 12.5 Å². The van der Waals surface area contributed by atoms with E-state index in [-0.39, 0.29) is 31.6 Å². The fourth-order valence-electron chi connectivity index (χ4n) is 1.83. The monoisotopic (exact) mass is 314 g/mol. The van der Waals surface area contributed by atoms with Crippen molar-refractivity contribution in [2.75, 3.05) is 33.1 Å². The Morgan fingerprint density at radius 1 is 1.33 bits per heavy atom. The van der Waals surface area contributed by atoms with E-state index in [0.717, 1.165) is 16.1 Å². The SMILES string of the molecule is COCCN(CC(=O)NC(C)c1ccccc1)S(C)(=O)=O. The molecule has 21 heavy (non-hydrogen) atoms. The number of nitrogens with one attached hydrogen (secondary N) is 1. The second-order valence-electron chi connectivity index (χ2n) is 4.79. The average Bonchev–Trinajstić information content (AvgIpc) is 2.43. The predicted molar refractivity (Wildman–Crippen MR) is 81.3 cm³/mol. The summed E-state index contributed by atoms with van der Waals surface area (Å²) in [6.45, 7) is 2.05. The first-order valence-corrected chi connectivity index (χ1v) is 8.47. The van der Waals surface area contributed by atoms with Gasteiger partial charge in [0.25, 0.3) is 0 Å². The molecule has 0 heterocycles. The third-order valence-corrected chi connectivity index (χ3v) is 4.26. The zero-order valence-corrected chi connectivity index (χ0v) is 13.4. The molecule has 0 spiro atoms. The van der Waals surface area contributed by atoms with Crippen LogP contribution in [0.25, 0.3) is 0 Å². The van der Waals surface area contributed by atoms with E-state index in [1.54, 1.807) is 0 Å². The fourth-order valence-corrected chi connectivity index (χ4v) is 2.59. The van der Waals surface area contributed by atoms with Crippen molar-refractivity contribution < 1.29 is 17.9 Å². The molecule has 6 nitrogen and oxygen atoms in total. The van der Waals surface area contributed by atoms with E-state index in [0.29, 0.717) is 0 Å². The molecule has 1 rings (SSSR count). The van der Waals surface area contributed by atoms with E-state index in [4.69, 9.17) is 4.74 Å². The topological polar surface area (TPSA) is 75.7 Å². The highest BCUT2D eigenvalue weighted by Gasteiger charge is 2.20. The van der Waals surface area contributed by atoms with Crippen molar-refractivity contribution in [1.29, 1.82) is 0 Å². The molecule has 0 aliphatic rings. The van der Waals surface area contributed by atoms with Gasteiger partial charge in [-0.1, -0.05) is 30.3 Å². The van der Waals surface area contributed by atoms with Gasteiger partial charge < -0.3 is 10.1 Å². The molecular formula is C14H22N2O4S. The molecule has 0 aliphatic carbocycles. The summed E-state index contributed by atoms with van der Waals surface area (Å²) in [5.41, 5.74) is 0.966. The Balaban J connectivity index is 2.62. The molecule has 1 atom stereocenters. The third-order valence-electron chi connectivity index (χ3n) is 3.01. The molecule has 7 heteroatoms. The quantitative estimate of drug-likeness (QED) is 0.769. The van der Waals surface area contributed by atoms with Crippen LogP contribution < -0.4 is 5.32 Å². The molecule has 1 aromatic carbocycles. The van der Waals surface area contributed by atoms with Crippen LogP contribution in [0, 0.1) is 0 Å². The molecule has 1 amide bonds. The zero-order valence-electron chi connectivity index (χ0n) is 12.6. The van der Waals surface area contributed by atoms with Gasteiger partial charge in [-0.25, -0.2) is 8.42 Å². The highest BCUT2D eigenvalue weighted by Crippen LogP contribution is 2.11. The Morgan fingerprint density at radius 3 is 2.48 bits per heavy atom. The molecule has 0 saturated heterocycles. The first-order chi connectivity index (χ1) is 9.84. The molecule has 0 saturated carbocycles. The maximum atomic E-state index is 12.0. The maximum absolute atomic E-state index is 12.0. The van der Waals surface area contributed by atoms with E-state index >= 15 is 0 Å². The molecule has 1 aromatic rings. The molecule has 118 valence electrons. The van der Waals surface area contributed by atoms with Crippen LogP contribution in [0.1, 0.15) is 18.5 Å². The minimum Gasteiger partial charge on any atom is -0.383 e. The maximum Gasteiger partial charge on any atom is 0.235 e. The lowest BCUT2D eigenvalue weighted by atomic mass is 10.1. The molecule has 1 N–H and O–H groups in total. The number of methoxy groups -OCH3 is 1. The molecular weight excluding hydrogens is 292 g/mol. The van der Waals surface area contributed by atoms with E-state index in [9.17, 15) is 13.2 Å². The number of benzene rings is 1. The van der Waals surface area contributed by atoms with Gasteiger partial charge in [-0.15, -0.1) is 0 Å². The number of carbonyl (C=O) groups excluding carboxylic acids is 1. The Labute approximate surface area is 126 Å². The largest absolute Gasteiger partial charge is 0.383 e. The summed E-state index contributed by atoms with van der Waals surface area (Å²) >= 11 is 0. The van der Waals surface area contributed by atoms with Gasteiger partial charge in [0, 0.05) is 13.7 Å². The Kier molecular flexibility index (Phi) is 6.80. The number of carbonyl (C=O) groups is 1. The first-order valence-electron chi connectivity index (χ1n) is 6.63. The van der Waals surface area contributed by atoms with Crippen LogP contribution in [0.3, 0.4) is 0 Å². The number of amides is 1. The predicted octanol–water partition coefficient (Wildman–Crippen LogP) is 0.772. The van der Waals surface area contributed by atoms with E-state index < -0.39 is 10.0 Å². The van der Waals surface area contributed by atoms with Crippen molar-refractivity contribution in [2.45, 2.75) is 13.0 Å². The van der Waals surface area contributed by atoms with Crippen LogP contribution >= 0.6 is 0 Å². The lowest BCUT2D eigenvalue weighted by Crippen LogP contribution is -2.42. The zero-order chi connectivity index (χ0) is 15.9. The van der Waals surface area contributed by atoms with Crippen molar-refractivity contribution in [3.63, 3.8) is 0 Å². The highest BCUT2D eigenvalue weighted by molar-refractivity contribution is 7.88. The highest BCUT2D eigenvalue weighted by atomic mass is 32.2. The van der Waals surface area contributed by atoms with Gasteiger partial charge in [0.15, 0.2) is 0 Å². The summed E-state index contributed by atoms with van der Waals surface area (Å²) in [5.74, 6) is -0.340. The smallest absolute Gasteiger partial charge is 0.235 e. The summed E-state index contributed by atoms with van der Waals surface area (Å²) in [4.78, 5) is 12.0. The summed E-state index contributed by atoms with van der Waals surface area (Å²) in [5, 5.41) is 2.79. The van der Waals surface area contributed by atoms with Gasteiger partial charge in [0.05, 0.1) is 25.4 Å². The van der Waals surface area contributed by atoms with Gasteiger partial charge in [-0.2, -0.15) is 4.31 Å². The summed E-state index contributed by atoms with van der Waals surface area (Å²) < 4.78 is 29.2. The molecule has 0 fully saturated rings. The Bertz CT molecular complexity index is 545.